The highest BCUT2D eigenvalue weighted by molar-refractivity contribution is 9.10. The summed E-state index contributed by atoms with van der Waals surface area (Å²) in [4.78, 5) is 20.5. The summed E-state index contributed by atoms with van der Waals surface area (Å²) >= 11 is 0.588. The third-order valence-electron chi connectivity index (χ3n) is 3.43. The fourth-order valence-corrected chi connectivity index (χ4v) is 3.36. The number of anilines is 2. The smallest absolute Gasteiger partial charge is 0.340 e. The maximum absolute atomic E-state index is 12.1. The predicted molar refractivity (Wildman–Crippen MR) is 96.1 cm³/mol. The number of benzene rings is 2. The Hall–Kier alpha value is -2.36. The third kappa shape index (κ3) is 3.39. The maximum atomic E-state index is 12.1. The van der Waals surface area contributed by atoms with Crippen LogP contribution in [0.25, 0.3) is 11.0 Å². The van der Waals surface area contributed by atoms with Gasteiger partial charge in [-0.05, 0) is 30.3 Å². The molecule has 3 aromatic rings. The predicted octanol–water partition coefficient (Wildman–Crippen LogP) is 3.11. The van der Waals surface area contributed by atoms with Crippen LogP contribution in [-0.2, 0) is 16.0 Å². The van der Waals surface area contributed by atoms with E-state index in [1.165, 1.54) is 31.6 Å². The van der Waals surface area contributed by atoms with Crippen molar-refractivity contribution in [3.63, 3.8) is 0 Å². The molecule has 0 saturated carbocycles. The van der Waals surface area contributed by atoms with E-state index in [0.717, 1.165) is 4.31 Å². The Labute approximate surface area is 154 Å². The van der Waals surface area contributed by atoms with Gasteiger partial charge in [-0.25, -0.2) is 4.79 Å². The molecule has 0 bridgehead atoms. The monoisotopic (exact) mass is 420 g/mol. The first-order valence-corrected chi connectivity index (χ1v) is 8.82. The SMILES string of the molecule is COC(=O)c1ccc(Br)cc1N(c1cccc2nccnc12)S(=O)[O-]. The second-order valence-electron chi connectivity index (χ2n) is 4.87. The van der Waals surface area contributed by atoms with Gasteiger partial charge in [0.25, 0.3) is 0 Å². The molecule has 7 nitrogen and oxygen atoms in total. The van der Waals surface area contributed by atoms with Crippen molar-refractivity contribution in [3.05, 3.63) is 58.8 Å². The van der Waals surface area contributed by atoms with Crippen LogP contribution in [0, 0.1) is 0 Å². The molecule has 0 aliphatic carbocycles. The first kappa shape index (κ1) is 17.5. The minimum Gasteiger partial charge on any atom is -0.755 e. The summed E-state index contributed by atoms with van der Waals surface area (Å²) < 4.78 is 30.4. The van der Waals surface area contributed by atoms with Crippen molar-refractivity contribution in [2.45, 2.75) is 0 Å². The van der Waals surface area contributed by atoms with Gasteiger partial charge in [-0.1, -0.05) is 22.0 Å². The van der Waals surface area contributed by atoms with Gasteiger partial charge in [-0.15, -0.1) is 0 Å². The second-order valence-corrected chi connectivity index (χ2v) is 6.58. The highest BCUT2D eigenvalue weighted by atomic mass is 79.9. The van der Waals surface area contributed by atoms with Gasteiger partial charge in [0.05, 0.1) is 40.8 Å². The van der Waals surface area contributed by atoms with Crippen LogP contribution < -0.4 is 4.31 Å². The van der Waals surface area contributed by atoms with Crippen molar-refractivity contribution in [1.29, 1.82) is 0 Å². The molecule has 0 spiro atoms. The van der Waals surface area contributed by atoms with Crippen LogP contribution in [0.1, 0.15) is 10.4 Å². The maximum Gasteiger partial charge on any atom is 0.340 e. The van der Waals surface area contributed by atoms with E-state index in [0.29, 0.717) is 15.5 Å². The molecule has 0 aliphatic rings. The minimum absolute atomic E-state index is 0.107. The Morgan fingerprint density at radius 1 is 1.20 bits per heavy atom. The Bertz CT molecular complexity index is 977. The van der Waals surface area contributed by atoms with Crippen molar-refractivity contribution in [3.8, 4) is 0 Å². The molecule has 1 heterocycles. The molecule has 128 valence electrons. The molecule has 1 atom stereocenters. The molecular weight excluding hydrogens is 410 g/mol. The zero-order valence-corrected chi connectivity index (χ0v) is 15.3. The topological polar surface area (TPSA) is 95.5 Å². The van der Waals surface area contributed by atoms with Crippen molar-refractivity contribution >= 4 is 55.6 Å². The van der Waals surface area contributed by atoms with Gasteiger partial charge in [0, 0.05) is 16.9 Å². The molecule has 0 radical (unpaired) electrons. The fraction of sp³-hybridized carbons (Fsp3) is 0.0625. The average Bonchev–Trinajstić information content (AvgIpc) is 2.61. The van der Waals surface area contributed by atoms with E-state index in [4.69, 9.17) is 4.74 Å². The van der Waals surface area contributed by atoms with Gasteiger partial charge in [-0.2, -0.15) is 0 Å². The lowest BCUT2D eigenvalue weighted by molar-refractivity contribution is 0.0601. The van der Waals surface area contributed by atoms with Crippen LogP contribution in [0.3, 0.4) is 0 Å². The van der Waals surface area contributed by atoms with Gasteiger partial charge in [0.2, 0.25) is 0 Å². The lowest BCUT2D eigenvalue weighted by atomic mass is 10.1. The molecule has 1 unspecified atom stereocenters. The van der Waals surface area contributed by atoms with Crippen molar-refractivity contribution in [1.82, 2.24) is 9.97 Å². The minimum atomic E-state index is -2.71. The highest BCUT2D eigenvalue weighted by Crippen LogP contribution is 2.35. The number of methoxy groups -OCH3 is 1. The summed E-state index contributed by atoms with van der Waals surface area (Å²) in [5.74, 6) is -0.649. The summed E-state index contributed by atoms with van der Waals surface area (Å²) in [6, 6.07) is 9.63. The van der Waals surface area contributed by atoms with Gasteiger partial charge >= 0.3 is 5.97 Å². The summed E-state index contributed by atoms with van der Waals surface area (Å²) in [5, 5.41) is 0. The number of hydrogen-bond acceptors (Lipinski definition) is 6. The number of ether oxygens (including phenoxy) is 1. The number of hydrogen-bond donors (Lipinski definition) is 0. The summed E-state index contributed by atoms with van der Waals surface area (Å²) in [5.41, 5.74) is 1.46. The van der Waals surface area contributed by atoms with E-state index in [1.807, 2.05) is 0 Å². The Morgan fingerprint density at radius 2 is 1.96 bits per heavy atom. The first-order valence-electron chi connectivity index (χ1n) is 7.00. The zero-order chi connectivity index (χ0) is 18.0. The normalized spacial score (nSPS) is 12.0. The molecule has 3 rings (SSSR count). The number of carbonyl (C=O) groups excluding carboxylic acids is 1. The number of rotatable bonds is 4. The number of fused-ring (bicyclic) bond motifs is 1. The third-order valence-corrected chi connectivity index (χ3v) is 4.61. The average molecular weight is 421 g/mol. The number of nitrogens with zero attached hydrogens (tertiary/aromatic N) is 3. The number of para-hydroxylation sites is 1. The van der Waals surface area contributed by atoms with E-state index < -0.39 is 17.2 Å². The number of aromatic nitrogens is 2. The number of esters is 1. The molecule has 0 N–H and O–H groups in total. The van der Waals surface area contributed by atoms with Crippen LogP contribution >= 0.6 is 15.9 Å². The molecule has 1 aromatic heterocycles. The highest BCUT2D eigenvalue weighted by Gasteiger charge is 2.22. The standard InChI is InChI=1S/C16H12BrN3O4S/c1-24-16(21)11-6-5-10(17)9-14(11)20(25(22)23)13-4-2-3-12-15(13)19-8-7-18-12/h2-9H,1H3,(H,22,23)/p-1. The molecule has 9 heteroatoms. The van der Waals surface area contributed by atoms with Gasteiger partial charge in [0.1, 0.15) is 5.52 Å². The number of halogens is 1. The van der Waals surface area contributed by atoms with Crippen LogP contribution in [0.5, 0.6) is 0 Å². The Kier molecular flexibility index (Phi) is 5.07. The molecule has 0 fully saturated rings. The van der Waals surface area contributed by atoms with E-state index in [-0.39, 0.29) is 16.9 Å². The lowest BCUT2D eigenvalue weighted by Crippen LogP contribution is -2.23. The molecule has 25 heavy (non-hydrogen) atoms. The van der Waals surface area contributed by atoms with E-state index >= 15 is 0 Å². The van der Waals surface area contributed by atoms with Gasteiger partial charge in [0.15, 0.2) is 0 Å². The van der Waals surface area contributed by atoms with Crippen molar-refractivity contribution in [2.75, 3.05) is 11.4 Å². The molecule has 0 amide bonds. The van der Waals surface area contributed by atoms with Gasteiger partial charge in [-0.3, -0.25) is 18.5 Å². The van der Waals surface area contributed by atoms with Crippen LogP contribution in [0.4, 0.5) is 11.4 Å². The first-order chi connectivity index (χ1) is 12.0. The summed E-state index contributed by atoms with van der Waals surface area (Å²) in [6.07, 6.45) is 2.99. The second kappa shape index (κ2) is 7.26. The lowest BCUT2D eigenvalue weighted by Gasteiger charge is -2.28. The van der Waals surface area contributed by atoms with Crippen LogP contribution in [-0.4, -0.2) is 31.8 Å². The van der Waals surface area contributed by atoms with E-state index in [1.54, 1.807) is 24.3 Å². The zero-order valence-electron chi connectivity index (χ0n) is 12.9. The Morgan fingerprint density at radius 3 is 2.68 bits per heavy atom. The van der Waals surface area contributed by atoms with Crippen LogP contribution in [0.2, 0.25) is 0 Å². The molecule has 0 aliphatic heterocycles. The van der Waals surface area contributed by atoms with E-state index in [9.17, 15) is 13.6 Å². The number of carbonyl (C=O) groups is 1. The van der Waals surface area contributed by atoms with Crippen molar-refractivity contribution < 1.29 is 18.3 Å². The molecule has 2 aromatic carbocycles. The largest absolute Gasteiger partial charge is 0.755 e. The fourth-order valence-electron chi connectivity index (χ4n) is 2.39. The van der Waals surface area contributed by atoms with E-state index in [2.05, 4.69) is 25.9 Å². The summed E-state index contributed by atoms with van der Waals surface area (Å²) in [6.45, 7) is 0. The van der Waals surface area contributed by atoms with Gasteiger partial charge < -0.3 is 9.29 Å². The van der Waals surface area contributed by atoms with Crippen LogP contribution in [0.15, 0.2) is 53.3 Å². The quantitative estimate of drug-likeness (QED) is 0.475. The Balaban J connectivity index is 2.29. The van der Waals surface area contributed by atoms with Crippen molar-refractivity contribution in [2.24, 2.45) is 0 Å². The molecule has 0 saturated heterocycles. The molecular formula is C16H11BrN3O4S-. The summed E-state index contributed by atoms with van der Waals surface area (Å²) in [7, 11) is 1.23.